The van der Waals surface area contributed by atoms with E-state index in [2.05, 4.69) is 15.0 Å². The molecule has 0 aliphatic carbocycles. The zero-order valence-corrected chi connectivity index (χ0v) is 22.9. The molecule has 0 atom stereocenters. The highest BCUT2D eigenvalue weighted by Crippen LogP contribution is 2.23. The number of hydrogen-bond donors (Lipinski definition) is 3. The number of amides is 1. The number of carbonyl (C=O) groups is 1. The van der Waals surface area contributed by atoms with Crippen molar-refractivity contribution in [2.45, 2.75) is 18.7 Å². The molecular formula is C30H27ClN4O3S. The highest BCUT2D eigenvalue weighted by Gasteiger charge is 2.25. The second-order valence-electron chi connectivity index (χ2n) is 8.83. The Hall–Kier alpha value is -4.40. The number of amidine groups is 1. The van der Waals surface area contributed by atoms with Crippen molar-refractivity contribution >= 4 is 50.4 Å². The van der Waals surface area contributed by atoms with Crippen molar-refractivity contribution in [2.75, 3.05) is 10.6 Å². The summed E-state index contributed by atoms with van der Waals surface area (Å²) in [7, 11) is -4.24. The van der Waals surface area contributed by atoms with E-state index < -0.39 is 15.9 Å². The normalized spacial score (nSPS) is 12.4. The highest BCUT2D eigenvalue weighted by atomic mass is 35.5. The summed E-state index contributed by atoms with van der Waals surface area (Å²) >= 11 is 6.06. The van der Waals surface area contributed by atoms with Crippen molar-refractivity contribution in [3.05, 3.63) is 130 Å². The summed E-state index contributed by atoms with van der Waals surface area (Å²) in [6, 6.07) is 28.8. The van der Waals surface area contributed by atoms with Gasteiger partial charge in [-0.15, -0.1) is 4.40 Å². The number of halogens is 1. The molecule has 4 rings (SSSR count). The van der Waals surface area contributed by atoms with Crippen LogP contribution in [0.15, 0.2) is 118 Å². The Labute approximate surface area is 233 Å². The number of anilines is 2. The molecule has 1 amide bonds. The smallest absolute Gasteiger partial charge is 0.284 e. The van der Waals surface area contributed by atoms with Crippen LogP contribution < -0.4 is 16.4 Å². The van der Waals surface area contributed by atoms with Crippen molar-refractivity contribution in [2.24, 2.45) is 10.1 Å². The molecule has 9 heteroatoms. The first-order valence-corrected chi connectivity index (χ1v) is 13.8. The van der Waals surface area contributed by atoms with E-state index in [4.69, 9.17) is 17.3 Å². The summed E-state index contributed by atoms with van der Waals surface area (Å²) in [6.45, 7) is 3.78. The average molecular weight is 559 g/mol. The molecule has 0 aromatic heterocycles. The fourth-order valence-electron chi connectivity index (χ4n) is 3.63. The molecule has 0 radical (unpaired) electrons. The summed E-state index contributed by atoms with van der Waals surface area (Å²) in [5.74, 6) is -0.883. The summed E-state index contributed by atoms with van der Waals surface area (Å²) in [4.78, 5) is 13.8. The van der Waals surface area contributed by atoms with Gasteiger partial charge in [-0.2, -0.15) is 8.42 Å². The van der Waals surface area contributed by atoms with Crippen molar-refractivity contribution in [1.29, 1.82) is 0 Å². The Kier molecular flexibility index (Phi) is 8.49. The molecule has 4 aromatic carbocycles. The molecule has 0 unspecified atom stereocenters. The zero-order valence-electron chi connectivity index (χ0n) is 21.4. The van der Waals surface area contributed by atoms with Crippen LogP contribution in [0.5, 0.6) is 0 Å². The molecule has 4 aromatic rings. The predicted octanol–water partition coefficient (Wildman–Crippen LogP) is 6.16. The molecule has 0 aliphatic heterocycles. The Bertz CT molecular complexity index is 1630. The van der Waals surface area contributed by atoms with E-state index in [0.29, 0.717) is 22.0 Å². The minimum atomic E-state index is -4.24. The number of nitrogens with zero attached hydrogens (tertiary/aromatic N) is 1. The third-order valence-corrected chi connectivity index (χ3v) is 7.31. The van der Waals surface area contributed by atoms with E-state index in [0.717, 1.165) is 11.1 Å². The number of aryl methyl sites for hydroxylation is 2. The number of hydrogen-bond acceptors (Lipinski definition) is 4. The van der Waals surface area contributed by atoms with Gasteiger partial charge in [0.25, 0.3) is 15.9 Å². The first-order valence-electron chi connectivity index (χ1n) is 12.0. The van der Waals surface area contributed by atoms with Crippen molar-refractivity contribution in [1.82, 2.24) is 0 Å². The van der Waals surface area contributed by atoms with Crippen LogP contribution in [0, 0.1) is 13.8 Å². The second kappa shape index (κ2) is 12.0. The monoisotopic (exact) mass is 558 g/mol. The third kappa shape index (κ3) is 7.13. The second-order valence-corrected chi connectivity index (χ2v) is 10.9. The quantitative estimate of drug-likeness (QED) is 0.143. The number of sulfonamides is 1. The standard InChI is InChI=1S/C30H27ClN4O3S/c1-20-8-16-25(17-9-20)34-30(36)27(28(32)22-12-14-23(31)15-13-22)29(33-24-6-4-3-5-7-24)35-39(37,38)26-18-10-21(2)11-19-26/h3-19H,32H2,1-2H3,(H,33,35)(H,34,36)/b28-27-. The Balaban J connectivity index is 1.91. The number of nitrogens with one attached hydrogen (secondary N) is 2. The Morgan fingerprint density at radius 2 is 1.28 bits per heavy atom. The molecule has 4 N–H and O–H groups in total. The minimum Gasteiger partial charge on any atom is -0.397 e. The van der Waals surface area contributed by atoms with Crippen LogP contribution in [0.25, 0.3) is 5.70 Å². The lowest BCUT2D eigenvalue weighted by Gasteiger charge is -2.17. The third-order valence-electron chi connectivity index (χ3n) is 5.76. The highest BCUT2D eigenvalue weighted by molar-refractivity contribution is 7.90. The van der Waals surface area contributed by atoms with Crippen LogP contribution in [-0.2, 0) is 14.8 Å². The molecular weight excluding hydrogens is 532 g/mol. The average Bonchev–Trinajstić information content (AvgIpc) is 2.91. The predicted molar refractivity (Wildman–Crippen MR) is 158 cm³/mol. The Morgan fingerprint density at radius 1 is 0.744 bits per heavy atom. The van der Waals surface area contributed by atoms with E-state index in [-0.39, 0.29) is 22.0 Å². The van der Waals surface area contributed by atoms with Gasteiger partial charge in [-0.1, -0.05) is 77.3 Å². The van der Waals surface area contributed by atoms with Crippen LogP contribution >= 0.6 is 11.6 Å². The molecule has 198 valence electrons. The summed E-state index contributed by atoms with van der Waals surface area (Å²) in [5, 5.41) is 6.29. The lowest BCUT2D eigenvalue weighted by molar-refractivity contribution is -0.112. The van der Waals surface area contributed by atoms with Crippen LogP contribution in [0.1, 0.15) is 16.7 Å². The molecule has 0 spiro atoms. The number of para-hydroxylation sites is 1. The van der Waals surface area contributed by atoms with Crippen molar-refractivity contribution < 1.29 is 13.2 Å². The first-order chi connectivity index (χ1) is 18.6. The summed E-state index contributed by atoms with van der Waals surface area (Å²) in [5.41, 5.74) is 9.81. The minimum absolute atomic E-state index is 0.0116. The van der Waals surface area contributed by atoms with Crippen LogP contribution in [-0.4, -0.2) is 20.2 Å². The van der Waals surface area contributed by atoms with Gasteiger partial charge in [0.05, 0.1) is 10.6 Å². The maximum absolute atomic E-state index is 13.8. The first kappa shape index (κ1) is 27.6. The van der Waals surface area contributed by atoms with Gasteiger partial charge in [-0.3, -0.25) is 4.79 Å². The maximum Gasteiger partial charge on any atom is 0.284 e. The largest absolute Gasteiger partial charge is 0.397 e. The van der Waals surface area contributed by atoms with E-state index in [1.807, 2.05) is 32.0 Å². The molecule has 0 bridgehead atoms. The van der Waals surface area contributed by atoms with Crippen molar-refractivity contribution in [3.63, 3.8) is 0 Å². The SMILES string of the molecule is Cc1ccc(NC(=O)C(=C(\N)c2ccc(Cl)cc2)/C(=N\S(=O)(=O)c2ccc(C)cc2)Nc2ccccc2)cc1. The molecule has 39 heavy (non-hydrogen) atoms. The summed E-state index contributed by atoms with van der Waals surface area (Å²) in [6.07, 6.45) is 0. The molecule has 0 saturated carbocycles. The Morgan fingerprint density at radius 3 is 1.87 bits per heavy atom. The number of rotatable bonds is 7. The van der Waals surface area contributed by atoms with Gasteiger partial charge in [0, 0.05) is 16.4 Å². The van der Waals surface area contributed by atoms with Gasteiger partial charge in [0.2, 0.25) is 0 Å². The molecule has 0 fully saturated rings. The van der Waals surface area contributed by atoms with E-state index in [1.165, 1.54) is 12.1 Å². The number of nitrogens with two attached hydrogens (primary N) is 1. The molecule has 0 heterocycles. The molecule has 0 aliphatic rings. The lowest BCUT2D eigenvalue weighted by Crippen LogP contribution is -2.29. The van der Waals surface area contributed by atoms with E-state index in [9.17, 15) is 13.2 Å². The van der Waals surface area contributed by atoms with Gasteiger partial charge >= 0.3 is 0 Å². The van der Waals surface area contributed by atoms with Gasteiger partial charge < -0.3 is 16.4 Å². The van der Waals surface area contributed by atoms with Gasteiger partial charge in [0.15, 0.2) is 5.84 Å². The fraction of sp³-hybridized carbons (Fsp3) is 0.0667. The summed E-state index contributed by atoms with van der Waals surface area (Å²) < 4.78 is 31.0. The van der Waals surface area contributed by atoms with Gasteiger partial charge in [0.1, 0.15) is 5.57 Å². The van der Waals surface area contributed by atoms with Crippen LogP contribution in [0.4, 0.5) is 11.4 Å². The lowest BCUT2D eigenvalue weighted by atomic mass is 10.0. The van der Waals surface area contributed by atoms with Crippen molar-refractivity contribution in [3.8, 4) is 0 Å². The molecule has 7 nitrogen and oxygen atoms in total. The van der Waals surface area contributed by atoms with Crippen LogP contribution in [0.2, 0.25) is 5.02 Å². The zero-order chi connectivity index (χ0) is 28.0. The maximum atomic E-state index is 13.8. The number of benzene rings is 4. The van der Waals surface area contributed by atoms with E-state index >= 15 is 0 Å². The topological polar surface area (TPSA) is 114 Å². The van der Waals surface area contributed by atoms with Gasteiger partial charge in [-0.25, -0.2) is 0 Å². The fourth-order valence-corrected chi connectivity index (χ4v) is 4.72. The molecule has 0 saturated heterocycles. The van der Waals surface area contributed by atoms with Crippen LogP contribution in [0.3, 0.4) is 0 Å². The number of carbonyl (C=O) groups excluding carboxylic acids is 1. The van der Waals surface area contributed by atoms with Gasteiger partial charge in [-0.05, 0) is 67.9 Å². The van der Waals surface area contributed by atoms with E-state index in [1.54, 1.807) is 72.8 Å².